The molecule has 0 spiro atoms. The Hall–Kier alpha value is 0.137. The van der Waals surface area contributed by atoms with Gasteiger partial charge in [-0.2, -0.15) is 0 Å². The Morgan fingerprint density at radius 3 is 2.17 bits per heavy atom. The maximum atomic E-state index is 5.76. The molecule has 0 N–H and O–H groups in total. The van der Waals surface area contributed by atoms with Gasteiger partial charge in [-0.25, -0.2) is 0 Å². The summed E-state index contributed by atoms with van der Waals surface area (Å²) in [4.78, 5) is 2.26. The van der Waals surface area contributed by atoms with Crippen LogP contribution in [0.1, 0.15) is 13.8 Å². The van der Waals surface area contributed by atoms with E-state index in [0.717, 1.165) is 6.61 Å². The molecule has 0 aliphatic rings. The Morgan fingerprint density at radius 2 is 1.83 bits per heavy atom. The smallest absolute Gasteiger partial charge is 0.188 e. The van der Waals surface area contributed by atoms with Crippen molar-refractivity contribution in [3.8, 4) is 0 Å². The molecular weight excluding hydrogens is 166 g/mol. The molecule has 0 aromatic rings. The molecule has 74 valence electrons. The number of rotatable bonds is 5. The van der Waals surface area contributed by atoms with Gasteiger partial charge in [-0.1, -0.05) is 0 Å². The summed E-state index contributed by atoms with van der Waals surface area (Å²) in [5.41, 5.74) is 0. The average molecular weight is 189 g/mol. The molecule has 0 aromatic heterocycles. The van der Waals surface area contributed by atoms with E-state index >= 15 is 0 Å². The number of hydrogen-bond acceptors (Lipinski definition) is 2. The number of nitrogens with zero attached hydrogens (tertiary/aromatic N) is 1. The van der Waals surface area contributed by atoms with Gasteiger partial charge >= 0.3 is 0 Å². The van der Waals surface area contributed by atoms with E-state index < -0.39 is 8.32 Å². The molecule has 1 atom stereocenters. The molecule has 0 saturated carbocycles. The first-order chi connectivity index (χ1) is 5.39. The van der Waals surface area contributed by atoms with Gasteiger partial charge in [0.2, 0.25) is 0 Å². The zero-order valence-electron chi connectivity index (χ0n) is 9.35. The van der Waals surface area contributed by atoms with E-state index in [2.05, 4.69) is 45.9 Å². The third-order valence-electron chi connectivity index (χ3n) is 2.20. The lowest BCUT2D eigenvalue weighted by molar-refractivity contribution is 0.293. The standard InChI is InChI=1S/C9H23NOSi/c1-7-11-12(5,6)8-9(2)10(3)4/h9H,7-8H2,1-6H3. The fourth-order valence-electron chi connectivity index (χ4n) is 1.34. The number of hydrogen-bond donors (Lipinski definition) is 0. The predicted molar refractivity (Wildman–Crippen MR) is 57.1 cm³/mol. The quantitative estimate of drug-likeness (QED) is 0.615. The third kappa shape index (κ3) is 4.90. The van der Waals surface area contributed by atoms with Crippen molar-refractivity contribution in [3.63, 3.8) is 0 Å². The lowest BCUT2D eigenvalue weighted by Gasteiger charge is -2.29. The molecular formula is C9H23NOSi. The van der Waals surface area contributed by atoms with E-state index in [4.69, 9.17) is 4.43 Å². The fourth-order valence-corrected chi connectivity index (χ4v) is 4.03. The Labute approximate surface area is 78.0 Å². The lowest BCUT2D eigenvalue weighted by Crippen LogP contribution is -2.38. The SMILES string of the molecule is CCO[Si](C)(C)CC(C)N(C)C. The second-order valence-electron chi connectivity index (χ2n) is 4.21. The minimum atomic E-state index is -1.37. The topological polar surface area (TPSA) is 12.5 Å². The molecule has 0 radical (unpaired) electrons. The molecule has 0 saturated heterocycles. The third-order valence-corrected chi connectivity index (χ3v) is 4.85. The molecule has 0 heterocycles. The van der Waals surface area contributed by atoms with Gasteiger partial charge in [0, 0.05) is 12.6 Å². The van der Waals surface area contributed by atoms with Crippen molar-refractivity contribution in [1.82, 2.24) is 4.90 Å². The van der Waals surface area contributed by atoms with Crippen LogP contribution in [0.3, 0.4) is 0 Å². The van der Waals surface area contributed by atoms with Crippen LogP contribution in [0.2, 0.25) is 19.1 Å². The molecule has 0 aliphatic carbocycles. The Bertz CT molecular complexity index is 126. The van der Waals surface area contributed by atoms with E-state index in [1.807, 2.05) is 0 Å². The van der Waals surface area contributed by atoms with Crippen molar-refractivity contribution in [2.45, 2.75) is 39.0 Å². The van der Waals surface area contributed by atoms with Crippen molar-refractivity contribution in [1.29, 1.82) is 0 Å². The van der Waals surface area contributed by atoms with Crippen LogP contribution < -0.4 is 0 Å². The van der Waals surface area contributed by atoms with Crippen LogP contribution in [0.15, 0.2) is 0 Å². The summed E-state index contributed by atoms with van der Waals surface area (Å²) in [6.07, 6.45) is 0. The van der Waals surface area contributed by atoms with Crippen LogP contribution in [-0.2, 0) is 4.43 Å². The van der Waals surface area contributed by atoms with Crippen LogP contribution in [0.5, 0.6) is 0 Å². The van der Waals surface area contributed by atoms with Crippen molar-refractivity contribution >= 4 is 8.32 Å². The van der Waals surface area contributed by atoms with Crippen LogP contribution >= 0.6 is 0 Å². The van der Waals surface area contributed by atoms with Crippen LogP contribution in [0.4, 0.5) is 0 Å². The summed E-state index contributed by atoms with van der Waals surface area (Å²) < 4.78 is 5.76. The molecule has 0 aliphatic heterocycles. The van der Waals surface area contributed by atoms with Crippen molar-refractivity contribution in [3.05, 3.63) is 0 Å². The minimum absolute atomic E-state index is 0.637. The van der Waals surface area contributed by atoms with Gasteiger partial charge in [-0.3, -0.25) is 0 Å². The van der Waals surface area contributed by atoms with E-state index in [-0.39, 0.29) is 0 Å². The monoisotopic (exact) mass is 189 g/mol. The summed E-state index contributed by atoms with van der Waals surface area (Å²) in [7, 11) is 2.88. The summed E-state index contributed by atoms with van der Waals surface area (Å²) in [6, 6.07) is 1.85. The Balaban J connectivity index is 3.87. The van der Waals surface area contributed by atoms with Crippen molar-refractivity contribution < 1.29 is 4.43 Å². The fraction of sp³-hybridized carbons (Fsp3) is 1.00. The molecule has 0 bridgehead atoms. The van der Waals surface area contributed by atoms with Gasteiger partial charge in [-0.15, -0.1) is 0 Å². The zero-order valence-corrected chi connectivity index (χ0v) is 10.3. The average Bonchev–Trinajstić information content (AvgIpc) is 1.85. The van der Waals surface area contributed by atoms with E-state index in [9.17, 15) is 0 Å². The maximum Gasteiger partial charge on any atom is 0.188 e. The lowest BCUT2D eigenvalue weighted by atomic mass is 10.4. The van der Waals surface area contributed by atoms with Crippen molar-refractivity contribution in [2.75, 3.05) is 20.7 Å². The molecule has 0 aromatic carbocycles. The van der Waals surface area contributed by atoms with E-state index in [0.29, 0.717) is 6.04 Å². The van der Waals surface area contributed by atoms with E-state index in [1.165, 1.54) is 6.04 Å². The first-order valence-corrected chi connectivity index (χ1v) is 7.81. The Kier molecular flexibility index (Phi) is 5.05. The highest BCUT2D eigenvalue weighted by Gasteiger charge is 2.25. The highest BCUT2D eigenvalue weighted by molar-refractivity contribution is 6.71. The molecule has 3 heteroatoms. The summed E-state index contributed by atoms with van der Waals surface area (Å²) >= 11 is 0. The van der Waals surface area contributed by atoms with Gasteiger partial charge in [0.25, 0.3) is 0 Å². The van der Waals surface area contributed by atoms with E-state index in [1.54, 1.807) is 0 Å². The highest BCUT2D eigenvalue weighted by Crippen LogP contribution is 2.15. The van der Waals surface area contributed by atoms with Crippen LogP contribution in [0.25, 0.3) is 0 Å². The van der Waals surface area contributed by atoms with Gasteiger partial charge in [0.15, 0.2) is 8.32 Å². The second kappa shape index (κ2) is 4.99. The molecule has 0 amide bonds. The normalized spacial score (nSPS) is 15.2. The zero-order chi connectivity index (χ0) is 9.78. The second-order valence-corrected chi connectivity index (χ2v) is 8.43. The van der Waals surface area contributed by atoms with Crippen LogP contribution in [0, 0.1) is 0 Å². The minimum Gasteiger partial charge on any atom is -0.418 e. The van der Waals surface area contributed by atoms with Gasteiger partial charge in [0.1, 0.15) is 0 Å². The molecule has 2 nitrogen and oxygen atoms in total. The summed E-state index contributed by atoms with van der Waals surface area (Å²) in [6.45, 7) is 9.77. The first kappa shape index (κ1) is 12.1. The Morgan fingerprint density at radius 1 is 1.33 bits per heavy atom. The highest BCUT2D eigenvalue weighted by atomic mass is 28.4. The molecule has 0 rings (SSSR count). The van der Waals surface area contributed by atoms with Crippen molar-refractivity contribution in [2.24, 2.45) is 0 Å². The van der Waals surface area contributed by atoms with Crippen LogP contribution in [-0.4, -0.2) is 40.0 Å². The maximum absolute atomic E-state index is 5.76. The van der Waals surface area contributed by atoms with Gasteiger partial charge < -0.3 is 9.33 Å². The first-order valence-electron chi connectivity index (χ1n) is 4.69. The summed E-state index contributed by atoms with van der Waals surface area (Å²) in [5, 5.41) is 0. The van der Waals surface area contributed by atoms with Gasteiger partial charge in [0.05, 0.1) is 0 Å². The summed E-state index contributed by atoms with van der Waals surface area (Å²) in [5.74, 6) is 0. The molecule has 0 fully saturated rings. The molecule has 1 unspecified atom stereocenters. The predicted octanol–water partition coefficient (Wildman–Crippen LogP) is 2.18. The largest absolute Gasteiger partial charge is 0.418 e. The molecule has 12 heavy (non-hydrogen) atoms. The van der Waals surface area contributed by atoms with Gasteiger partial charge in [-0.05, 0) is 47.1 Å².